The van der Waals surface area contributed by atoms with Crippen LogP contribution in [0, 0.1) is 5.92 Å². The number of primary amides is 1. The van der Waals surface area contributed by atoms with Crippen LogP contribution in [-0.2, 0) is 19.5 Å². The summed E-state index contributed by atoms with van der Waals surface area (Å²) >= 11 is 0. The van der Waals surface area contributed by atoms with Crippen LogP contribution in [0.2, 0.25) is 0 Å². The van der Waals surface area contributed by atoms with E-state index in [0.29, 0.717) is 30.3 Å². The van der Waals surface area contributed by atoms with Crippen LogP contribution in [0.25, 0.3) is 10.8 Å². The minimum atomic E-state index is -0.886. The van der Waals surface area contributed by atoms with Gasteiger partial charge in [-0.15, -0.1) is 0 Å². The molecule has 0 fully saturated rings. The number of carbonyl (C=O) groups is 1. The van der Waals surface area contributed by atoms with Crippen LogP contribution in [0.5, 0.6) is 11.8 Å². The van der Waals surface area contributed by atoms with Gasteiger partial charge in [-0.05, 0) is 41.6 Å². The third kappa shape index (κ3) is 4.87. The predicted molar refractivity (Wildman–Crippen MR) is 123 cm³/mol. The molecule has 1 aliphatic rings. The zero-order valence-corrected chi connectivity index (χ0v) is 18.0. The van der Waals surface area contributed by atoms with Crippen LogP contribution in [-0.4, -0.2) is 32.2 Å². The number of nitrogens with two attached hydrogens (primary N) is 1. The molecule has 0 spiro atoms. The highest BCUT2D eigenvalue weighted by Gasteiger charge is 2.19. The number of rotatable bonds is 7. The minimum Gasteiger partial charge on any atom is -0.477 e. The van der Waals surface area contributed by atoms with Crippen LogP contribution in [0.3, 0.4) is 0 Å². The lowest BCUT2D eigenvalue weighted by atomic mass is 9.99. The Bertz CT molecular complexity index is 1270. The lowest BCUT2D eigenvalue weighted by Gasteiger charge is -2.23. The Kier molecular flexibility index (Phi) is 5.75. The summed E-state index contributed by atoms with van der Waals surface area (Å²) in [5.41, 5.74) is 7.07. The maximum atomic E-state index is 11.0. The van der Waals surface area contributed by atoms with E-state index in [4.69, 9.17) is 15.2 Å². The number of pyridine rings is 2. The second-order valence-corrected chi connectivity index (χ2v) is 8.04. The average Bonchev–Trinajstić information content (AvgIpc) is 3.30. The molecule has 1 aliphatic heterocycles. The Hall–Kier alpha value is -4.14. The number of amides is 1. The molecule has 0 unspecified atom stereocenters. The molecular weight excluding hydrogens is 420 g/mol. The highest BCUT2D eigenvalue weighted by molar-refractivity contribution is 5.90. The van der Waals surface area contributed by atoms with E-state index in [0.717, 1.165) is 41.8 Å². The van der Waals surface area contributed by atoms with Crippen molar-refractivity contribution in [1.82, 2.24) is 19.5 Å². The minimum absolute atomic E-state index is 0.199. The topological polar surface area (TPSA) is 117 Å². The molecule has 3 N–H and O–H groups in total. The van der Waals surface area contributed by atoms with Crippen LogP contribution in [0.15, 0.2) is 61.2 Å². The van der Waals surface area contributed by atoms with Crippen LogP contribution < -0.4 is 20.5 Å². The largest absolute Gasteiger partial charge is 0.477 e. The van der Waals surface area contributed by atoms with Gasteiger partial charge in [-0.1, -0.05) is 6.07 Å². The van der Waals surface area contributed by atoms with Gasteiger partial charge in [0.2, 0.25) is 11.8 Å². The fourth-order valence-electron chi connectivity index (χ4n) is 4.00. The van der Waals surface area contributed by atoms with Gasteiger partial charge in [0.05, 0.1) is 6.61 Å². The molecule has 0 saturated heterocycles. The number of benzene rings is 1. The molecule has 1 atom stereocenters. The molecule has 0 saturated carbocycles. The lowest BCUT2D eigenvalue weighted by Crippen LogP contribution is -2.24. The van der Waals surface area contributed by atoms with E-state index < -0.39 is 6.09 Å². The van der Waals surface area contributed by atoms with Gasteiger partial charge >= 0.3 is 6.09 Å². The van der Waals surface area contributed by atoms with Gasteiger partial charge in [-0.2, -0.15) is 0 Å². The van der Waals surface area contributed by atoms with E-state index in [1.807, 2.05) is 55.0 Å². The number of anilines is 1. The van der Waals surface area contributed by atoms with E-state index in [1.165, 1.54) is 0 Å². The van der Waals surface area contributed by atoms with E-state index >= 15 is 0 Å². The Morgan fingerprint density at radius 2 is 2.09 bits per heavy atom. The number of hydrogen-bond donors (Lipinski definition) is 2. The SMILES string of the molecule is NC(=O)Oc1nccc2cc(NCc3ccc(OC[C@@H]4CCn5ccnc5C4)nc3)ccc12. The third-order valence-electron chi connectivity index (χ3n) is 5.74. The first-order chi connectivity index (χ1) is 16.1. The van der Waals surface area contributed by atoms with Gasteiger partial charge in [0, 0.05) is 67.4 Å². The summed E-state index contributed by atoms with van der Waals surface area (Å²) in [7, 11) is 0. The Labute approximate surface area is 190 Å². The maximum absolute atomic E-state index is 11.0. The number of ether oxygens (including phenoxy) is 2. The number of hydrogen-bond acceptors (Lipinski definition) is 7. The van der Waals surface area contributed by atoms with Crippen molar-refractivity contribution in [3.8, 4) is 11.8 Å². The highest BCUT2D eigenvalue weighted by atomic mass is 16.6. The third-order valence-corrected chi connectivity index (χ3v) is 5.74. The molecule has 1 aromatic carbocycles. The second kappa shape index (κ2) is 9.15. The van der Waals surface area contributed by atoms with Crippen molar-refractivity contribution in [3.05, 3.63) is 72.6 Å². The highest BCUT2D eigenvalue weighted by Crippen LogP contribution is 2.26. The molecule has 33 heavy (non-hydrogen) atoms. The Morgan fingerprint density at radius 1 is 1.15 bits per heavy atom. The average molecular weight is 444 g/mol. The Balaban J connectivity index is 1.15. The van der Waals surface area contributed by atoms with Gasteiger partial charge in [0.15, 0.2) is 0 Å². The molecule has 0 bridgehead atoms. The van der Waals surface area contributed by atoms with E-state index in [1.54, 1.807) is 6.20 Å². The second-order valence-electron chi connectivity index (χ2n) is 8.04. The van der Waals surface area contributed by atoms with E-state index in [2.05, 4.69) is 24.8 Å². The quantitative estimate of drug-likeness (QED) is 0.448. The first kappa shape index (κ1) is 20.7. The molecule has 1 amide bonds. The zero-order chi connectivity index (χ0) is 22.6. The normalized spacial score (nSPS) is 15.1. The molecule has 4 aromatic rings. The predicted octanol–water partition coefficient (Wildman–Crippen LogP) is 3.54. The fraction of sp³-hybridized carbons (Fsp3) is 0.250. The van der Waals surface area contributed by atoms with Gasteiger partial charge in [-0.25, -0.2) is 19.7 Å². The molecular formula is C24H24N6O3. The smallest absolute Gasteiger partial charge is 0.411 e. The maximum Gasteiger partial charge on any atom is 0.411 e. The zero-order valence-electron chi connectivity index (χ0n) is 18.0. The van der Waals surface area contributed by atoms with Gasteiger partial charge < -0.3 is 25.1 Å². The summed E-state index contributed by atoms with van der Waals surface area (Å²) < 4.78 is 13.1. The molecule has 4 heterocycles. The summed E-state index contributed by atoms with van der Waals surface area (Å²) in [5, 5.41) is 4.98. The first-order valence-electron chi connectivity index (χ1n) is 10.8. The number of aryl methyl sites for hydroxylation is 1. The van der Waals surface area contributed by atoms with Crippen LogP contribution in [0.1, 0.15) is 17.8 Å². The van der Waals surface area contributed by atoms with Crippen molar-refractivity contribution < 1.29 is 14.3 Å². The van der Waals surface area contributed by atoms with Crippen molar-refractivity contribution >= 4 is 22.6 Å². The summed E-state index contributed by atoms with van der Waals surface area (Å²) in [5.74, 6) is 2.42. The van der Waals surface area contributed by atoms with E-state index in [-0.39, 0.29) is 5.88 Å². The molecule has 168 valence electrons. The number of aromatic nitrogens is 4. The summed E-state index contributed by atoms with van der Waals surface area (Å²) in [6.07, 6.45) is 8.43. The summed E-state index contributed by atoms with van der Waals surface area (Å²) in [6, 6.07) is 11.5. The van der Waals surface area contributed by atoms with Crippen molar-refractivity contribution in [1.29, 1.82) is 0 Å². The lowest BCUT2D eigenvalue weighted by molar-refractivity contribution is 0.209. The van der Waals surface area contributed by atoms with Crippen molar-refractivity contribution in [2.45, 2.75) is 25.9 Å². The number of nitrogens with zero attached hydrogens (tertiary/aromatic N) is 4. The summed E-state index contributed by atoms with van der Waals surface area (Å²) in [4.78, 5) is 24.0. The fourth-order valence-corrected chi connectivity index (χ4v) is 4.00. The van der Waals surface area contributed by atoms with Crippen molar-refractivity contribution in [2.75, 3.05) is 11.9 Å². The van der Waals surface area contributed by atoms with Gasteiger partial charge in [0.1, 0.15) is 5.82 Å². The summed E-state index contributed by atoms with van der Waals surface area (Å²) in [6.45, 7) is 2.25. The number of nitrogens with one attached hydrogen (secondary N) is 1. The van der Waals surface area contributed by atoms with Gasteiger partial charge in [-0.3, -0.25) is 0 Å². The Morgan fingerprint density at radius 3 is 2.94 bits per heavy atom. The molecule has 0 aliphatic carbocycles. The van der Waals surface area contributed by atoms with Gasteiger partial charge in [0.25, 0.3) is 0 Å². The molecule has 0 radical (unpaired) electrons. The van der Waals surface area contributed by atoms with Crippen LogP contribution >= 0.6 is 0 Å². The van der Waals surface area contributed by atoms with E-state index in [9.17, 15) is 4.79 Å². The first-order valence-corrected chi connectivity index (χ1v) is 10.8. The number of fused-ring (bicyclic) bond motifs is 2. The molecule has 9 nitrogen and oxygen atoms in total. The van der Waals surface area contributed by atoms with Crippen LogP contribution in [0.4, 0.5) is 10.5 Å². The van der Waals surface area contributed by atoms with Crippen molar-refractivity contribution in [2.24, 2.45) is 11.7 Å². The molecule has 3 aromatic heterocycles. The number of imidazole rings is 1. The molecule has 9 heteroatoms. The van der Waals surface area contributed by atoms with Crippen molar-refractivity contribution in [3.63, 3.8) is 0 Å². The monoisotopic (exact) mass is 444 g/mol. The molecule has 5 rings (SSSR count). The number of carbonyl (C=O) groups excluding carboxylic acids is 1. The standard InChI is InChI=1S/C24H24N6O3/c25-24(31)33-23-20-3-2-19(12-18(20)5-7-27-23)28-13-17-1-4-22(29-14-17)32-15-16-6-9-30-10-8-26-21(30)11-16/h1-5,7-8,10,12,14,16,28H,6,9,11,13,15H2,(H2,25,31)/t16-/m1/s1.